The van der Waals surface area contributed by atoms with E-state index < -0.39 is 16.1 Å². The molecule has 4 aliphatic rings. The van der Waals surface area contributed by atoms with Gasteiger partial charge in [0.05, 0.1) is 18.6 Å². The van der Waals surface area contributed by atoms with Gasteiger partial charge in [0.25, 0.3) is 0 Å². The fourth-order valence-corrected chi connectivity index (χ4v) is 8.46. The van der Waals surface area contributed by atoms with E-state index in [1.165, 1.54) is 44.1 Å². The van der Waals surface area contributed by atoms with Gasteiger partial charge in [-0.25, -0.2) is 8.42 Å². The van der Waals surface area contributed by atoms with Gasteiger partial charge in [-0.2, -0.15) is 0 Å². The molecular formula is C28H36N2O4S. The predicted octanol–water partition coefficient (Wildman–Crippen LogP) is 5.35. The average Bonchev–Trinajstić information content (AvgIpc) is 2.79. The van der Waals surface area contributed by atoms with Crippen molar-refractivity contribution in [1.29, 1.82) is 0 Å². The largest absolute Gasteiger partial charge is 0.494 e. The maximum atomic E-state index is 13.1. The zero-order valence-corrected chi connectivity index (χ0v) is 21.7. The summed E-state index contributed by atoms with van der Waals surface area (Å²) in [7, 11) is -3.68. The third kappa shape index (κ3) is 4.80. The Morgan fingerprint density at radius 2 is 1.54 bits per heavy atom. The van der Waals surface area contributed by atoms with Gasteiger partial charge in [0.15, 0.2) is 0 Å². The molecule has 1 N–H and O–H groups in total. The zero-order valence-electron chi connectivity index (χ0n) is 20.9. The molecule has 188 valence electrons. The van der Waals surface area contributed by atoms with Crippen molar-refractivity contribution < 1.29 is 17.9 Å². The highest BCUT2D eigenvalue weighted by Gasteiger charge is 2.51. The first-order valence-corrected chi connectivity index (χ1v) is 14.7. The number of carbonyl (C=O) groups is 1. The Morgan fingerprint density at radius 3 is 2.03 bits per heavy atom. The van der Waals surface area contributed by atoms with Crippen LogP contribution < -0.4 is 14.4 Å². The van der Waals surface area contributed by atoms with Crippen molar-refractivity contribution in [3.8, 4) is 5.75 Å². The second-order valence-corrected chi connectivity index (χ2v) is 12.8. The molecule has 0 radical (unpaired) electrons. The molecule has 6 nitrogen and oxygen atoms in total. The van der Waals surface area contributed by atoms with Gasteiger partial charge in [-0.15, -0.1) is 0 Å². The molecule has 0 unspecified atom stereocenters. The van der Waals surface area contributed by atoms with Crippen LogP contribution in [-0.4, -0.2) is 33.2 Å². The standard InChI is InChI=1S/C28H36N2O4S/c1-4-34-26-11-9-25(10-12-26)30(35(3,32)33)19(2)27(31)29-24-7-5-23(6-8-24)28-16-20-13-21(17-28)15-22(14-20)18-28/h5-12,19-22H,4,13-18H2,1-3H3,(H,29,31)/t19-,20?,21?,22?,28?/m0/s1. The Hall–Kier alpha value is -2.54. The van der Waals surface area contributed by atoms with Crippen molar-refractivity contribution in [3.05, 3.63) is 54.1 Å². The Kier molecular flexibility index (Phi) is 6.32. The topological polar surface area (TPSA) is 75.7 Å². The van der Waals surface area contributed by atoms with E-state index in [2.05, 4.69) is 17.4 Å². The van der Waals surface area contributed by atoms with Crippen LogP contribution in [0.5, 0.6) is 5.75 Å². The highest BCUT2D eigenvalue weighted by molar-refractivity contribution is 7.92. The van der Waals surface area contributed by atoms with E-state index in [1.807, 2.05) is 19.1 Å². The predicted molar refractivity (Wildman–Crippen MR) is 139 cm³/mol. The Bertz CT molecular complexity index is 1140. The molecule has 0 aliphatic heterocycles. The Labute approximate surface area is 209 Å². The fraction of sp³-hybridized carbons (Fsp3) is 0.536. The van der Waals surface area contributed by atoms with Gasteiger partial charge in [-0.1, -0.05) is 12.1 Å². The smallest absolute Gasteiger partial charge is 0.247 e. The summed E-state index contributed by atoms with van der Waals surface area (Å²) < 4.78 is 31.8. The number of sulfonamides is 1. The maximum Gasteiger partial charge on any atom is 0.247 e. The quantitative estimate of drug-likeness (QED) is 0.535. The molecule has 0 spiro atoms. The normalized spacial score (nSPS) is 27.9. The third-order valence-electron chi connectivity index (χ3n) is 8.29. The van der Waals surface area contributed by atoms with Crippen molar-refractivity contribution in [2.75, 3.05) is 22.5 Å². The highest BCUT2D eigenvalue weighted by atomic mass is 32.2. The molecule has 1 amide bonds. The van der Waals surface area contributed by atoms with E-state index >= 15 is 0 Å². The average molecular weight is 497 g/mol. The van der Waals surface area contributed by atoms with E-state index in [-0.39, 0.29) is 5.91 Å². The van der Waals surface area contributed by atoms with Gasteiger partial charge in [0, 0.05) is 5.69 Å². The minimum absolute atomic E-state index is 0.311. The summed E-state index contributed by atoms with van der Waals surface area (Å²) in [6, 6.07) is 14.1. The summed E-state index contributed by atoms with van der Waals surface area (Å²) in [6.07, 6.45) is 9.25. The number of anilines is 2. The first kappa shape index (κ1) is 24.2. The van der Waals surface area contributed by atoms with E-state index in [0.29, 0.717) is 29.1 Å². The number of carbonyl (C=O) groups excluding carboxylic acids is 1. The Balaban J connectivity index is 1.30. The second-order valence-electron chi connectivity index (χ2n) is 10.9. The maximum absolute atomic E-state index is 13.1. The number of amides is 1. The number of nitrogens with one attached hydrogen (secondary N) is 1. The molecule has 6 rings (SSSR count). The van der Waals surface area contributed by atoms with Crippen LogP contribution in [0.1, 0.15) is 57.9 Å². The van der Waals surface area contributed by atoms with Crippen molar-refractivity contribution in [2.24, 2.45) is 17.8 Å². The van der Waals surface area contributed by atoms with E-state index in [4.69, 9.17) is 4.74 Å². The van der Waals surface area contributed by atoms with Gasteiger partial charge >= 0.3 is 0 Å². The van der Waals surface area contributed by atoms with Crippen molar-refractivity contribution in [3.63, 3.8) is 0 Å². The lowest BCUT2D eigenvalue weighted by Gasteiger charge is -2.57. The molecule has 4 aliphatic carbocycles. The summed E-state index contributed by atoms with van der Waals surface area (Å²) in [4.78, 5) is 13.1. The minimum Gasteiger partial charge on any atom is -0.494 e. The summed E-state index contributed by atoms with van der Waals surface area (Å²) in [5.41, 5.74) is 2.83. The number of rotatable bonds is 8. The number of benzene rings is 2. The second kappa shape index (κ2) is 9.16. The molecule has 35 heavy (non-hydrogen) atoms. The van der Waals surface area contributed by atoms with Gasteiger partial charge in [0.1, 0.15) is 11.8 Å². The van der Waals surface area contributed by atoms with Crippen LogP contribution in [0.2, 0.25) is 0 Å². The summed E-state index contributed by atoms with van der Waals surface area (Å²) in [5, 5.41) is 2.93. The molecule has 4 bridgehead atoms. The zero-order chi connectivity index (χ0) is 24.8. The van der Waals surface area contributed by atoms with E-state index in [0.717, 1.165) is 28.3 Å². The van der Waals surface area contributed by atoms with Crippen LogP contribution in [0, 0.1) is 17.8 Å². The van der Waals surface area contributed by atoms with Gasteiger partial charge in [-0.05, 0) is 118 Å². The molecular weight excluding hydrogens is 460 g/mol. The number of ether oxygens (including phenoxy) is 1. The van der Waals surface area contributed by atoms with Crippen LogP contribution in [0.3, 0.4) is 0 Å². The first-order chi connectivity index (χ1) is 16.7. The first-order valence-electron chi connectivity index (χ1n) is 12.8. The summed E-state index contributed by atoms with van der Waals surface area (Å²) >= 11 is 0. The fourth-order valence-electron chi connectivity index (χ4n) is 7.28. The lowest BCUT2D eigenvalue weighted by Crippen LogP contribution is -2.48. The third-order valence-corrected chi connectivity index (χ3v) is 9.54. The summed E-state index contributed by atoms with van der Waals surface area (Å²) in [5.74, 6) is 2.93. The molecule has 2 aromatic carbocycles. The monoisotopic (exact) mass is 496 g/mol. The van der Waals surface area contributed by atoms with Gasteiger partial charge in [0.2, 0.25) is 15.9 Å². The molecule has 1 atom stereocenters. The van der Waals surface area contributed by atoms with E-state index in [1.54, 1.807) is 31.2 Å². The molecule has 0 heterocycles. The van der Waals surface area contributed by atoms with Crippen LogP contribution in [0.4, 0.5) is 11.4 Å². The van der Waals surface area contributed by atoms with Crippen LogP contribution in [0.25, 0.3) is 0 Å². The lowest BCUT2D eigenvalue weighted by atomic mass is 9.48. The molecule has 7 heteroatoms. The van der Waals surface area contributed by atoms with E-state index in [9.17, 15) is 13.2 Å². The van der Waals surface area contributed by atoms with Crippen LogP contribution >= 0.6 is 0 Å². The molecule has 4 fully saturated rings. The molecule has 0 aromatic heterocycles. The van der Waals surface area contributed by atoms with Gasteiger partial charge < -0.3 is 10.1 Å². The van der Waals surface area contributed by atoms with Crippen LogP contribution in [0.15, 0.2) is 48.5 Å². The number of hydrogen-bond donors (Lipinski definition) is 1. The lowest BCUT2D eigenvalue weighted by molar-refractivity contribution is -0.116. The van der Waals surface area contributed by atoms with Crippen molar-refractivity contribution >= 4 is 27.3 Å². The number of nitrogens with zero attached hydrogens (tertiary/aromatic N) is 1. The van der Waals surface area contributed by atoms with Crippen LogP contribution in [-0.2, 0) is 20.2 Å². The van der Waals surface area contributed by atoms with Gasteiger partial charge in [-0.3, -0.25) is 9.10 Å². The highest BCUT2D eigenvalue weighted by Crippen LogP contribution is 2.60. The SMILES string of the molecule is CCOc1ccc(N([C@@H](C)C(=O)Nc2ccc(C34CC5CC(CC(C5)C3)C4)cc2)S(C)(=O)=O)cc1. The molecule has 4 saturated carbocycles. The Morgan fingerprint density at radius 1 is 1.00 bits per heavy atom. The number of hydrogen-bond acceptors (Lipinski definition) is 4. The van der Waals surface area contributed by atoms with Crippen molar-refractivity contribution in [1.82, 2.24) is 0 Å². The summed E-state index contributed by atoms with van der Waals surface area (Å²) in [6.45, 7) is 4.02. The molecule has 2 aromatic rings. The van der Waals surface area contributed by atoms with Crippen molar-refractivity contribution in [2.45, 2.75) is 63.8 Å². The minimum atomic E-state index is -3.68. The molecule has 0 saturated heterocycles.